The lowest BCUT2D eigenvalue weighted by atomic mass is 10.3. The summed E-state index contributed by atoms with van der Waals surface area (Å²) < 4.78 is 0. The lowest BCUT2D eigenvalue weighted by Gasteiger charge is -2.07. The van der Waals surface area contributed by atoms with Crippen LogP contribution >= 0.6 is 11.8 Å². The van der Waals surface area contributed by atoms with E-state index in [1.807, 2.05) is 19.2 Å². The number of hydrogen-bond acceptors (Lipinski definition) is 4. The average molecular weight is 157 g/mol. The summed E-state index contributed by atoms with van der Waals surface area (Å²) in [5, 5.41) is 8.17. The first-order valence-electron chi connectivity index (χ1n) is 3.23. The van der Waals surface area contributed by atoms with E-state index in [0.29, 0.717) is 5.04 Å². The number of rotatable bonds is 2. The molecule has 0 spiro atoms. The summed E-state index contributed by atoms with van der Waals surface area (Å²) in [6.45, 7) is 2.05. The quantitative estimate of drug-likeness (QED) is 0.408. The summed E-state index contributed by atoms with van der Waals surface area (Å²) in [5.41, 5.74) is 5.76. The summed E-state index contributed by atoms with van der Waals surface area (Å²) in [7, 11) is 0. The van der Waals surface area contributed by atoms with Crippen molar-refractivity contribution in [1.29, 1.82) is 5.41 Å². The third-order valence-electron chi connectivity index (χ3n) is 1.19. The fourth-order valence-corrected chi connectivity index (χ4v) is 1.36. The van der Waals surface area contributed by atoms with Crippen molar-refractivity contribution >= 4 is 16.8 Å². The van der Waals surface area contributed by atoms with Gasteiger partial charge in [-0.15, -0.1) is 11.8 Å². The summed E-state index contributed by atoms with van der Waals surface area (Å²) in [6, 6.07) is 0.0879. The van der Waals surface area contributed by atoms with Crippen LogP contribution in [0.25, 0.3) is 0 Å². The van der Waals surface area contributed by atoms with E-state index in [-0.39, 0.29) is 6.04 Å². The van der Waals surface area contributed by atoms with E-state index in [4.69, 9.17) is 5.41 Å². The van der Waals surface area contributed by atoms with Crippen LogP contribution in [0, 0.1) is 5.41 Å². The Morgan fingerprint density at radius 2 is 2.60 bits per heavy atom. The first-order valence-corrected chi connectivity index (χ1v) is 4.22. The third kappa shape index (κ3) is 1.75. The van der Waals surface area contributed by atoms with E-state index >= 15 is 0 Å². The maximum Gasteiger partial charge on any atom is 0.0933 e. The molecule has 1 aliphatic heterocycles. The summed E-state index contributed by atoms with van der Waals surface area (Å²) in [6.07, 6.45) is 3.75. The minimum atomic E-state index is 0.0879. The standard InChI is InChI=1S/C6H11N3S/c1-2-10-6(7)5-3-4-8-9-5/h3-5,7-9H,2H2,1H3. The highest BCUT2D eigenvalue weighted by Crippen LogP contribution is 2.07. The Hall–Kier alpha value is -0.480. The Balaban J connectivity index is 2.33. The van der Waals surface area contributed by atoms with Crippen LogP contribution in [-0.4, -0.2) is 16.8 Å². The molecule has 0 aromatic rings. The van der Waals surface area contributed by atoms with Gasteiger partial charge >= 0.3 is 0 Å². The van der Waals surface area contributed by atoms with E-state index in [2.05, 4.69) is 10.9 Å². The topological polar surface area (TPSA) is 47.9 Å². The molecule has 1 heterocycles. The lowest BCUT2D eigenvalue weighted by Crippen LogP contribution is -2.34. The highest BCUT2D eigenvalue weighted by Gasteiger charge is 2.12. The van der Waals surface area contributed by atoms with Gasteiger partial charge in [-0.25, -0.2) is 5.43 Å². The van der Waals surface area contributed by atoms with Crippen LogP contribution in [0.5, 0.6) is 0 Å². The summed E-state index contributed by atoms with van der Waals surface area (Å²) in [4.78, 5) is 0. The van der Waals surface area contributed by atoms with Crippen LogP contribution in [0.2, 0.25) is 0 Å². The zero-order chi connectivity index (χ0) is 7.40. The Bertz CT molecular complexity index is 155. The van der Waals surface area contributed by atoms with Gasteiger partial charge in [0.15, 0.2) is 0 Å². The van der Waals surface area contributed by atoms with Crippen molar-refractivity contribution in [2.75, 3.05) is 5.75 Å². The predicted octanol–water partition coefficient (Wildman–Crippen LogP) is 0.707. The van der Waals surface area contributed by atoms with E-state index in [9.17, 15) is 0 Å². The second-order valence-corrected chi connectivity index (χ2v) is 3.23. The van der Waals surface area contributed by atoms with Crippen molar-refractivity contribution in [3.8, 4) is 0 Å². The molecule has 1 atom stereocenters. The first-order chi connectivity index (χ1) is 4.84. The van der Waals surface area contributed by atoms with Gasteiger partial charge in [-0.3, -0.25) is 5.41 Å². The second-order valence-electron chi connectivity index (χ2n) is 1.92. The summed E-state index contributed by atoms with van der Waals surface area (Å²) >= 11 is 1.56. The van der Waals surface area contributed by atoms with Crippen LogP contribution in [0.1, 0.15) is 6.92 Å². The number of hydrazine groups is 1. The van der Waals surface area contributed by atoms with Gasteiger partial charge in [-0.2, -0.15) is 0 Å². The molecule has 56 valence electrons. The van der Waals surface area contributed by atoms with E-state index < -0.39 is 0 Å². The van der Waals surface area contributed by atoms with Gasteiger partial charge in [0.2, 0.25) is 0 Å². The van der Waals surface area contributed by atoms with Crippen LogP contribution in [-0.2, 0) is 0 Å². The van der Waals surface area contributed by atoms with Crippen molar-refractivity contribution in [3.05, 3.63) is 12.3 Å². The molecular weight excluding hydrogens is 146 g/mol. The molecule has 0 amide bonds. The smallest absolute Gasteiger partial charge is 0.0933 e. The molecule has 1 rings (SSSR count). The monoisotopic (exact) mass is 157 g/mol. The van der Waals surface area contributed by atoms with Crippen LogP contribution in [0.15, 0.2) is 12.3 Å². The van der Waals surface area contributed by atoms with Gasteiger partial charge in [0.1, 0.15) is 0 Å². The molecule has 1 unspecified atom stereocenters. The van der Waals surface area contributed by atoms with Gasteiger partial charge in [-0.1, -0.05) is 6.92 Å². The second kappa shape index (κ2) is 3.63. The molecule has 10 heavy (non-hydrogen) atoms. The predicted molar refractivity (Wildman–Crippen MR) is 45.1 cm³/mol. The van der Waals surface area contributed by atoms with Gasteiger partial charge in [0, 0.05) is 6.20 Å². The molecule has 0 bridgehead atoms. The molecule has 1 aliphatic rings. The Kier molecular flexibility index (Phi) is 2.77. The molecule has 0 fully saturated rings. The fraction of sp³-hybridized carbons (Fsp3) is 0.500. The Labute approximate surface area is 64.7 Å². The maximum absolute atomic E-state index is 7.50. The number of nitrogens with one attached hydrogen (secondary N) is 3. The Morgan fingerprint density at radius 1 is 1.80 bits per heavy atom. The van der Waals surface area contributed by atoms with Gasteiger partial charge in [0.25, 0.3) is 0 Å². The summed E-state index contributed by atoms with van der Waals surface area (Å²) in [5.74, 6) is 0.963. The minimum Gasteiger partial charge on any atom is -0.328 e. The van der Waals surface area contributed by atoms with Crippen molar-refractivity contribution in [2.45, 2.75) is 13.0 Å². The molecule has 4 heteroatoms. The number of thioether (sulfide) groups is 1. The van der Waals surface area contributed by atoms with E-state index in [0.717, 1.165) is 5.75 Å². The van der Waals surface area contributed by atoms with Crippen LogP contribution < -0.4 is 10.9 Å². The van der Waals surface area contributed by atoms with Crippen molar-refractivity contribution in [2.24, 2.45) is 0 Å². The zero-order valence-electron chi connectivity index (χ0n) is 5.85. The first kappa shape index (κ1) is 7.63. The largest absolute Gasteiger partial charge is 0.328 e. The van der Waals surface area contributed by atoms with Gasteiger partial charge in [-0.05, 0) is 11.8 Å². The van der Waals surface area contributed by atoms with Crippen LogP contribution in [0.3, 0.4) is 0 Å². The number of hydrogen-bond donors (Lipinski definition) is 3. The molecule has 0 aliphatic carbocycles. The minimum absolute atomic E-state index is 0.0879. The SMILES string of the molecule is CCSC(=N)C1C=CNN1. The van der Waals surface area contributed by atoms with Crippen molar-refractivity contribution < 1.29 is 0 Å². The molecule has 3 nitrogen and oxygen atoms in total. The Morgan fingerprint density at radius 3 is 3.10 bits per heavy atom. The molecular formula is C6H11N3S. The molecule has 0 aromatic heterocycles. The molecule has 0 aromatic carbocycles. The van der Waals surface area contributed by atoms with E-state index in [1.165, 1.54) is 0 Å². The molecule has 0 saturated heterocycles. The van der Waals surface area contributed by atoms with Crippen molar-refractivity contribution in [1.82, 2.24) is 10.9 Å². The van der Waals surface area contributed by atoms with Gasteiger partial charge in [0.05, 0.1) is 11.1 Å². The highest BCUT2D eigenvalue weighted by atomic mass is 32.2. The van der Waals surface area contributed by atoms with E-state index in [1.54, 1.807) is 11.8 Å². The average Bonchev–Trinajstić information content (AvgIpc) is 2.38. The molecule has 0 saturated carbocycles. The van der Waals surface area contributed by atoms with Crippen LogP contribution in [0.4, 0.5) is 0 Å². The van der Waals surface area contributed by atoms with Crippen molar-refractivity contribution in [3.63, 3.8) is 0 Å². The third-order valence-corrected chi connectivity index (χ3v) is 2.05. The normalized spacial score (nSPS) is 22.7. The molecule has 0 radical (unpaired) electrons. The lowest BCUT2D eigenvalue weighted by molar-refractivity contribution is 0.679. The zero-order valence-corrected chi connectivity index (χ0v) is 6.66. The molecule has 3 N–H and O–H groups in total. The fourth-order valence-electron chi connectivity index (χ4n) is 0.729. The maximum atomic E-state index is 7.50. The highest BCUT2D eigenvalue weighted by molar-refractivity contribution is 8.13. The van der Waals surface area contributed by atoms with Gasteiger partial charge < -0.3 is 5.43 Å².